The van der Waals surface area contributed by atoms with Gasteiger partial charge >= 0.3 is 0 Å². The normalized spacial score (nSPS) is 10.8. The van der Waals surface area contributed by atoms with E-state index in [2.05, 4.69) is 4.98 Å². The standard InChI is InChI=1S/C13H17N3O/c1-9-5-6-12-14-10(2)11(16(12)8-9)7-13(17)15(3)4/h5-6,8H,7H2,1-4H3. The van der Waals surface area contributed by atoms with Crippen molar-refractivity contribution in [2.75, 3.05) is 14.1 Å². The van der Waals surface area contributed by atoms with Crippen molar-refractivity contribution in [3.8, 4) is 0 Å². The predicted octanol–water partition coefficient (Wildman–Crippen LogP) is 1.58. The smallest absolute Gasteiger partial charge is 0.228 e. The molecule has 2 rings (SSSR count). The van der Waals surface area contributed by atoms with Crippen molar-refractivity contribution in [3.05, 3.63) is 35.3 Å². The number of imidazole rings is 1. The third-order valence-electron chi connectivity index (χ3n) is 2.88. The SMILES string of the molecule is Cc1ccc2nc(C)c(CC(=O)N(C)C)n2c1. The van der Waals surface area contributed by atoms with Gasteiger partial charge in [0.15, 0.2) is 0 Å². The molecule has 0 N–H and O–H groups in total. The largest absolute Gasteiger partial charge is 0.348 e. The van der Waals surface area contributed by atoms with Gasteiger partial charge in [0.05, 0.1) is 17.8 Å². The second-order valence-corrected chi connectivity index (χ2v) is 4.54. The number of amides is 1. The summed E-state index contributed by atoms with van der Waals surface area (Å²) in [7, 11) is 3.54. The average Bonchev–Trinajstić information content (AvgIpc) is 2.55. The summed E-state index contributed by atoms with van der Waals surface area (Å²) in [6, 6.07) is 4.01. The van der Waals surface area contributed by atoms with Gasteiger partial charge in [-0.3, -0.25) is 4.79 Å². The van der Waals surface area contributed by atoms with Gasteiger partial charge in [-0.25, -0.2) is 4.98 Å². The number of carbonyl (C=O) groups excluding carboxylic acids is 1. The molecule has 0 saturated heterocycles. The molecule has 0 aliphatic rings. The number of fused-ring (bicyclic) bond motifs is 1. The van der Waals surface area contributed by atoms with Gasteiger partial charge in [0, 0.05) is 20.3 Å². The molecule has 0 spiro atoms. The number of hydrogen-bond acceptors (Lipinski definition) is 2. The van der Waals surface area contributed by atoms with E-state index in [4.69, 9.17) is 0 Å². The molecule has 0 radical (unpaired) electrons. The Morgan fingerprint density at radius 2 is 2.06 bits per heavy atom. The molecule has 0 aromatic carbocycles. The second kappa shape index (κ2) is 4.20. The van der Waals surface area contributed by atoms with Crippen LogP contribution in [0.15, 0.2) is 18.3 Å². The first kappa shape index (κ1) is 11.6. The van der Waals surface area contributed by atoms with E-state index < -0.39 is 0 Å². The Morgan fingerprint density at radius 1 is 1.35 bits per heavy atom. The summed E-state index contributed by atoms with van der Waals surface area (Å²) in [5, 5.41) is 0. The lowest BCUT2D eigenvalue weighted by Crippen LogP contribution is -2.24. The number of pyridine rings is 1. The van der Waals surface area contributed by atoms with Crippen molar-refractivity contribution in [3.63, 3.8) is 0 Å². The molecule has 0 bridgehead atoms. The van der Waals surface area contributed by atoms with Gasteiger partial charge in [-0.2, -0.15) is 0 Å². The van der Waals surface area contributed by atoms with Crippen LogP contribution in [-0.4, -0.2) is 34.3 Å². The molecule has 0 unspecified atom stereocenters. The van der Waals surface area contributed by atoms with Gasteiger partial charge in [0.1, 0.15) is 5.65 Å². The minimum absolute atomic E-state index is 0.0939. The van der Waals surface area contributed by atoms with E-state index in [-0.39, 0.29) is 5.91 Å². The van der Waals surface area contributed by atoms with Gasteiger partial charge in [-0.15, -0.1) is 0 Å². The number of aromatic nitrogens is 2. The molecule has 4 nitrogen and oxygen atoms in total. The van der Waals surface area contributed by atoms with E-state index in [1.165, 1.54) is 0 Å². The zero-order valence-corrected chi connectivity index (χ0v) is 10.7. The Morgan fingerprint density at radius 3 is 2.71 bits per heavy atom. The maximum atomic E-state index is 11.8. The molecule has 1 amide bonds. The Bertz CT molecular complexity index is 569. The van der Waals surface area contributed by atoms with Crippen molar-refractivity contribution < 1.29 is 4.79 Å². The zero-order valence-electron chi connectivity index (χ0n) is 10.7. The minimum atomic E-state index is 0.0939. The summed E-state index contributed by atoms with van der Waals surface area (Å²) >= 11 is 0. The summed E-state index contributed by atoms with van der Waals surface area (Å²) in [4.78, 5) is 17.8. The fourth-order valence-corrected chi connectivity index (χ4v) is 1.83. The van der Waals surface area contributed by atoms with Crippen LogP contribution >= 0.6 is 0 Å². The van der Waals surface area contributed by atoms with Crippen LogP contribution in [0.4, 0.5) is 0 Å². The van der Waals surface area contributed by atoms with Crippen LogP contribution in [0.1, 0.15) is 17.0 Å². The monoisotopic (exact) mass is 231 g/mol. The van der Waals surface area contributed by atoms with Crippen molar-refractivity contribution in [1.29, 1.82) is 0 Å². The van der Waals surface area contributed by atoms with E-state index in [1.54, 1.807) is 19.0 Å². The summed E-state index contributed by atoms with van der Waals surface area (Å²) in [5.41, 5.74) is 3.95. The molecule has 90 valence electrons. The molecule has 0 atom stereocenters. The first-order chi connectivity index (χ1) is 7.99. The van der Waals surface area contributed by atoms with E-state index in [0.717, 1.165) is 22.6 Å². The fraction of sp³-hybridized carbons (Fsp3) is 0.385. The first-order valence-electron chi connectivity index (χ1n) is 5.63. The highest BCUT2D eigenvalue weighted by Gasteiger charge is 2.13. The molecule has 17 heavy (non-hydrogen) atoms. The van der Waals surface area contributed by atoms with Gasteiger partial charge in [0.25, 0.3) is 0 Å². The van der Waals surface area contributed by atoms with E-state index in [9.17, 15) is 4.79 Å². The molecule has 4 heteroatoms. The van der Waals surface area contributed by atoms with Gasteiger partial charge in [0.2, 0.25) is 5.91 Å². The predicted molar refractivity (Wildman–Crippen MR) is 67.1 cm³/mol. The van der Waals surface area contributed by atoms with Gasteiger partial charge < -0.3 is 9.30 Å². The Balaban J connectivity index is 2.48. The van der Waals surface area contributed by atoms with E-state index in [0.29, 0.717) is 6.42 Å². The summed E-state index contributed by atoms with van der Waals surface area (Å²) in [5.74, 6) is 0.0939. The molecule has 0 aliphatic carbocycles. The summed E-state index contributed by atoms with van der Waals surface area (Å²) in [6.07, 6.45) is 2.41. The van der Waals surface area contributed by atoms with Crippen molar-refractivity contribution >= 4 is 11.6 Å². The highest BCUT2D eigenvalue weighted by atomic mass is 16.2. The fourth-order valence-electron chi connectivity index (χ4n) is 1.83. The molecule has 0 fully saturated rings. The van der Waals surface area contributed by atoms with Crippen LogP contribution < -0.4 is 0 Å². The number of likely N-dealkylation sites (N-methyl/N-ethyl adjacent to an activating group) is 1. The number of rotatable bonds is 2. The maximum absolute atomic E-state index is 11.8. The van der Waals surface area contributed by atoms with Crippen LogP contribution in [0, 0.1) is 13.8 Å². The summed E-state index contributed by atoms with van der Waals surface area (Å²) in [6.45, 7) is 3.98. The van der Waals surface area contributed by atoms with Crippen molar-refractivity contribution in [1.82, 2.24) is 14.3 Å². The van der Waals surface area contributed by atoms with Crippen LogP contribution in [0.25, 0.3) is 5.65 Å². The second-order valence-electron chi connectivity index (χ2n) is 4.54. The van der Waals surface area contributed by atoms with E-state index >= 15 is 0 Å². The molecule has 0 saturated carbocycles. The van der Waals surface area contributed by atoms with E-state index in [1.807, 2.05) is 36.6 Å². The average molecular weight is 231 g/mol. The topological polar surface area (TPSA) is 37.6 Å². The number of hydrogen-bond donors (Lipinski definition) is 0. The summed E-state index contributed by atoms with van der Waals surface area (Å²) < 4.78 is 2.01. The van der Waals surface area contributed by atoms with Gasteiger partial charge in [-0.05, 0) is 25.5 Å². The quantitative estimate of drug-likeness (QED) is 0.787. The highest BCUT2D eigenvalue weighted by molar-refractivity contribution is 5.78. The zero-order chi connectivity index (χ0) is 12.6. The molecular weight excluding hydrogens is 214 g/mol. The van der Waals surface area contributed by atoms with Crippen LogP contribution in [0.2, 0.25) is 0 Å². The van der Waals surface area contributed by atoms with Crippen molar-refractivity contribution in [2.45, 2.75) is 20.3 Å². The lowest BCUT2D eigenvalue weighted by molar-refractivity contribution is -0.128. The highest BCUT2D eigenvalue weighted by Crippen LogP contribution is 2.14. The maximum Gasteiger partial charge on any atom is 0.228 e. The molecule has 2 aromatic rings. The van der Waals surface area contributed by atoms with Gasteiger partial charge in [-0.1, -0.05) is 6.07 Å². The number of carbonyl (C=O) groups is 1. The Hall–Kier alpha value is -1.84. The van der Waals surface area contributed by atoms with Crippen LogP contribution in [-0.2, 0) is 11.2 Å². The Kier molecular flexibility index (Phi) is 2.88. The van der Waals surface area contributed by atoms with Crippen LogP contribution in [0.5, 0.6) is 0 Å². The number of aryl methyl sites for hydroxylation is 2. The minimum Gasteiger partial charge on any atom is -0.348 e. The molecule has 2 heterocycles. The molecule has 0 aliphatic heterocycles. The third-order valence-corrected chi connectivity index (χ3v) is 2.88. The Labute approximate surface area is 101 Å². The molecule has 2 aromatic heterocycles. The third kappa shape index (κ3) is 2.16. The first-order valence-corrected chi connectivity index (χ1v) is 5.63. The lowest BCUT2D eigenvalue weighted by atomic mass is 10.2. The molecular formula is C13H17N3O. The lowest BCUT2D eigenvalue weighted by Gasteiger charge is -2.10. The van der Waals surface area contributed by atoms with Crippen LogP contribution in [0.3, 0.4) is 0 Å². The van der Waals surface area contributed by atoms with Crippen molar-refractivity contribution in [2.24, 2.45) is 0 Å². The number of nitrogens with zero attached hydrogens (tertiary/aromatic N) is 3.